The first kappa shape index (κ1) is 13.7. The quantitative estimate of drug-likeness (QED) is 0.893. The zero-order valence-corrected chi connectivity index (χ0v) is 11.5. The number of aryl methyl sites for hydroxylation is 1. The van der Waals surface area contributed by atoms with Crippen LogP contribution in [-0.4, -0.2) is 23.4 Å². The van der Waals surface area contributed by atoms with Crippen LogP contribution in [0.3, 0.4) is 0 Å². The summed E-state index contributed by atoms with van der Waals surface area (Å²) in [4.78, 5) is 4.36. The van der Waals surface area contributed by atoms with E-state index in [9.17, 15) is 0 Å². The molecule has 5 nitrogen and oxygen atoms in total. The van der Waals surface area contributed by atoms with Gasteiger partial charge in [0.05, 0.1) is 6.61 Å². The van der Waals surface area contributed by atoms with Crippen LogP contribution in [0.2, 0.25) is 0 Å². The Balaban J connectivity index is 2.23. The van der Waals surface area contributed by atoms with Crippen LogP contribution in [0.1, 0.15) is 25.2 Å². The first-order valence-corrected chi connectivity index (χ1v) is 6.31. The summed E-state index contributed by atoms with van der Waals surface area (Å²) in [6.07, 6.45) is 0. The van der Waals surface area contributed by atoms with Gasteiger partial charge >= 0.3 is 0 Å². The smallest absolute Gasteiger partial charge is 0.258 e. The van der Waals surface area contributed by atoms with E-state index in [4.69, 9.17) is 15.0 Å². The lowest BCUT2D eigenvalue weighted by atomic mass is 10.1. The van der Waals surface area contributed by atoms with Crippen LogP contribution in [0, 0.1) is 6.92 Å². The van der Waals surface area contributed by atoms with Gasteiger partial charge in [-0.3, -0.25) is 0 Å². The van der Waals surface area contributed by atoms with E-state index >= 15 is 0 Å². The van der Waals surface area contributed by atoms with Gasteiger partial charge in [-0.15, -0.1) is 0 Å². The molecule has 2 N–H and O–H groups in total. The third-order valence-electron chi connectivity index (χ3n) is 2.81. The summed E-state index contributed by atoms with van der Waals surface area (Å²) in [5.41, 5.74) is 7.42. The number of nitrogens with two attached hydrogens (primary N) is 1. The van der Waals surface area contributed by atoms with Crippen molar-refractivity contribution >= 4 is 0 Å². The molecule has 2 aromatic rings. The molecule has 0 aliphatic carbocycles. The van der Waals surface area contributed by atoms with Crippen LogP contribution in [0.5, 0.6) is 0 Å². The Morgan fingerprint density at radius 2 is 2.21 bits per heavy atom. The van der Waals surface area contributed by atoms with Gasteiger partial charge in [0.2, 0.25) is 0 Å². The van der Waals surface area contributed by atoms with Crippen molar-refractivity contribution in [1.82, 2.24) is 10.1 Å². The fraction of sp³-hybridized carbons (Fsp3) is 0.429. The normalized spacial score (nSPS) is 14.3. The third kappa shape index (κ3) is 3.19. The summed E-state index contributed by atoms with van der Waals surface area (Å²) < 4.78 is 10.6. The van der Waals surface area contributed by atoms with Crippen LogP contribution < -0.4 is 5.73 Å². The Bertz CT molecular complexity index is 549. The minimum Gasteiger partial charge on any atom is -0.379 e. The number of rotatable bonds is 5. The molecule has 0 radical (unpaired) electrons. The van der Waals surface area contributed by atoms with Crippen molar-refractivity contribution in [3.05, 3.63) is 35.7 Å². The maximum Gasteiger partial charge on any atom is 0.258 e. The van der Waals surface area contributed by atoms with Crippen LogP contribution in [0.4, 0.5) is 0 Å². The second kappa shape index (κ2) is 5.50. The number of nitrogens with zero attached hydrogens (tertiary/aromatic N) is 2. The van der Waals surface area contributed by atoms with Crippen molar-refractivity contribution in [2.24, 2.45) is 5.73 Å². The molecule has 1 atom stereocenters. The molecule has 1 heterocycles. The van der Waals surface area contributed by atoms with Crippen molar-refractivity contribution in [2.45, 2.75) is 26.3 Å². The molecule has 19 heavy (non-hydrogen) atoms. The molecule has 2 rings (SSSR count). The van der Waals surface area contributed by atoms with Crippen molar-refractivity contribution in [1.29, 1.82) is 0 Å². The van der Waals surface area contributed by atoms with Crippen LogP contribution in [0.15, 0.2) is 28.8 Å². The molecule has 102 valence electrons. The topological polar surface area (TPSA) is 74.2 Å². The van der Waals surface area contributed by atoms with E-state index in [1.165, 1.54) is 0 Å². The van der Waals surface area contributed by atoms with Gasteiger partial charge in [-0.2, -0.15) is 4.98 Å². The summed E-state index contributed by atoms with van der Waals surface area (Å²) in [6.45, 7) is 6.73. The van der Waals surface area contributed by atoms with Gasteiger partial charge in [-0.1, -0.05) is 22.9 Å². The lowest BCUT2D eigenvalue weighted by Crippen LogP contribution is -2.39. The van der Waals surface area contributed by atoms with Crippen LogP contribution >= 0.6 is 0 Å². The second-order valence-electron chi connectivity index (χ2n) is 4.85. The maximum atomic E-state index is 6.14. The van der Waals surface area contributed by atoms with Gasteiger partial charge in [0.15, 0.2) is 5.82 Å². The van der Waals surface area contributed by atoms with Gasteiger partial charge < -0.3 is 15.0 Å². The number of ether oxygens (including phenoxy) is 1. The highest BCUT2D eigenvalue weighted by Crippen LogP contribution is 2.22. The molecule has 0 aliphatic rings. The molecule has 1 aromatic carbocycles. The highest BCUT2D eigenvalue weighted by Gasteiger charge is 2.28. The molecule has 0 amide bonds. The molecule has 0 saturated carbocycles. The van der Waals surface area contributed by atoms with Crippen LogP contribution in [0.25, 0.3) is 11.5 Å². The molecule has 5 heteroatoms. The Morgan fingerprint density at radius 3 is 2.89 bits per heavy atom. The fourth-order valence-corrected chi connectivity index (χ4v) is 1.73. The first-order chi connectivity index (χ1) is 9.03. The molecule has 0 saturated heterocycles. The molecular weight excluding hydrogens is 242 g/mol. The number of hydrogen-bond donors (Lipinski definition) is 1. The summed E-state index contributed by atoms with van der Waals surface area (Å²) in [5, 5.41) is 3.96. The zero-order valence-electron chi connectivity index (χ0n) is 11.5. The zero-order chi connectivity index (χ0) is 13.9. The average molecular weight is 261 g/mol. The average Bonchev–Trinajstić information content (AvgIpc) is 2.87. The van der Waals surface area contributed by atoms with E-state index < -0.39 is 5.54 Å². The molecule has 0 spiro atoms. The molecule has 0 fully saturated rings. The maximum absolute atomic E-state index is 6.14. The van der Waals surface area contributed by atoms with E-state index in [0.717, 1.165) is 11.1 Å². The minimum atomic E-state index is -0.748. The minimum absolute atomic E-state index is 0.357. The van der Waals surface area contributed by atoms with Gasteiger partial charge in [-0.25, -0.2) is 0 Å². The Morgan fingerprint density at radius 1 is 1.42 bits per heavy atom. The Hall–Kier alpha value is -1.72. The van der Waals surface area contributed by atoms with Crippen LogP contribution in [-0.2, 0) is 10.3 Å². The van der Waals surface area contributed by atoms with Crippen molar-refractivity contribution in [3.8, 4) is 11.5 Å². The van der Waals surface area contributed by atoms with Gasteiger partial charge in [0.25, 0.3) is 5.89 Å². The molecule has 0 aliphatic heterocycles. The highest BCUT2D eigenvalue weighted by molar-refractivity contribution is 5.53. The number of aromatic nitrogens is 2. The summed E-state index contributed by atoms with van der Waals surface area (Å²) in [7, 11) is 0. The van der Waals surface area contributed by atoms with Crippen molar-refractivity contribution < 1.29 is 9.26 Å². The van der Waals surface area contributed by atoms with Gasteiger partial charge in [0.1, 0.15) is 5.54 Å². The SMILES string of the molecule is CCOCC(C)(N)c1noc(-c2cccc(C)c2)n1. The lowest BCUT2D eigenvalue weighted by molar-refractivity contribution is 0.0962. The molecular formula is C14H19N3O2. The Kier molecular flexibility index (Phi) is 3.97. The molecule has 1 aromatic heterocycles. The molecule has 0 bridgehead atoms. The number of hydrogen-bond acceptors (Lipinski definition) is 5. The first-order valence-electron chi connectivity index (χ1n) is 6.31. The number of benzene rings is 1. The van der Waals surface area contributed by atoms with E-state index in [1.807, 2.05) is 45.0 Å². The summed E-state index contributed by atoms with van der Waals surface area (Å²) >= 11 is 0. The lowest BCUT2D eigenvalue weighted by Gasteiger charge is -2.19. The second-order valence-corrected chi connectivity index (χ2v) is 4.85. The van der Waals surface area contributed by atoms with Gasteiger partial charge in [-0.05, 0) is 32.9 Å². The van der Waals surface area contributed by atoms with E-state index in [2.05, 4.69) is 10.1 Å². The molecule has 1 unspecified atom stereocenters. The van der Waals surface area contributed by atoms with Crippen molar-refractivity contribution in [2.75, 3.05) is 13.2 Å². The monoisotopic (exact) mass is 261 g/mol. The van der Waals surface area contributed by atoms with E-state index in [-0.39, 0.29) is 0 Å². The van der Waals surface area contributed by atoms with Gasteiger partial charge in [0, 0.05) is 12.2 Å². The largest absolute Gasteiger partial charge is 0.379 e. The standard InChI is InChI=1S/C14H19N3O2/c1-4-18-9-14(3,15)13-16-12(19-17-13)11-7-5-6-10(2)8-11/h5-8H,4,9,15H2,1-3H3. The predicted molar refractivity (Wildman–Crippen MR) is 72.5 cm³/mol. The third-order valence-corrected chi connectivity index (χ3v) is 2.81. The highest BCUT2D eigenvalue weighted by atomic mass is 16.5. The predicted octanol–water partition coefficient (Wildman–Crippen LogP) is 2.26. The van der Waals surface area contributed by atoms with Crippen molar-refractivity contribution in [3.63, 3.8) is 0 Å². The van der Waals surface area contributed by atoms with E-state index in [1.54, 1.807) is 0 Å². The summed E-state index contributed by atoms with van der Waals surface area (Å²) in [5.74, 6) is 0.935. The van der Waals surface area contributed by atoms with E-state index in [0.29, 0.717) is 24.9 Å². The summed E-state index contributed by atoms with van der Waals surface area (Å²) in [6, 6.07) is 7.90. The fourth-order valence-electron chi connectivity index (χ4n) is 1.73. The Labute approximate surface area is 112 Å².